The summed E-state index contributed by atoms with van der Waals surface area (Å²) >= 11 is 0. The molecule has 1 aliphatic carbocycles. The van der Waals surface area contributed by atoms with Gasteiger partial charge < -0.3 is 9.26 Å². The number of hydrogen-bond donors (Lipinski definition) is 1. The van der Waals surface area contributed by atoms with Gasteiger partial charge in [0, 0.05) is 23.5 Å². The zero-order chi connectivity index (χ0) is 20.4. The zero-order valence-electron chi connectivity index (χ0n) is 16.0. The summed E-state index contributed by atoms with van der Waals surface area (Å²) in [6.45, 7) is 11.0. The van der Waals surface area contributed by atoms with E-state index in [1.165, 1.54) is 6.07 Å². The highest BCUT2D eigenvalue weighted by Gasteiger charge is 2.52. The van der Waals surface area contributed by atoms with Crippen LogP contribution in [0.1, 0.15) is 40.3 Å². The van der Waals surface area contributed by atoms with Crippen LogP contribution >= 0.6 is 0 Å². The monoisotopic (exact) mass is 390 g/mol. The first kappa shape index (κ1) is 18.6. The number of pyridine rings is 1. The van der Waals surface area contributed by atoms with E-state index in [1.807, 2.05) is 19.1 Å². The normalized spacial score (nSPS) is 14.1. The second-order valence-electron chi connectivity index (χ2n) is 6.90. The van der Waals surface area contributed by atoms with Gasteiger partial charge >= 0.3 is 5.66 Å². The first-order valence-corrected chi connectivity index (χ1v) is 9.05. The van der Waals surface area contributed by atoms with E-state index in [0.717, 1.165) is 16.8 Å². The molecule has 3 heterocycles. The number of carbonyl (C=O) groups is 1. The number of aryl methyl sites for hydroxylation is 2. The molecule has 0 aliphatic heterocycles. The molecule has 0 saturated heterocycles. The molecule has 1 N–H and O–H groups in total. The Hall–Kier alpha value is -3.80. The zero-order valence-corrected chi connectivity index (χ0v) is 16.0. The fraction of sp³-hybridized carbons (Fsp3) is 0.300. The molecule has 3 aromatic heterocycles. The smallest absolute Gasteiger partial charge is 0.308 e. The average molecular weight is 390 g/mol. The highest BCUT2D eigenvalue weighted by atomic mass is 16.5. The minimum Gasteiger partial charge on any atom is -0.472 e. The molecule has 29 heavy (non-hydrogen) atoms. The van der Waals surface area contributed by atoms with E-state index in [-0.39, 0.29) is 18.2 Å². The maximum atomic E-state index is 12.2. The number of amides is 1. The summed E-state index contributed by atoms with van der Waals surface area (Å²) in [4.78, 5) is 19.9. The van der Waals surface area contributed by atoms with Crippen molar-refractivity contribution in [1.29, 1.82) is 0 Å². The third-order valence-electron chi connectivity index (χ3n) is 4.69. The van der Waals surface area contributed by atoms with Crippen molar-refractivity contribution in [2.24, 2.45) is 0 Å². The summed E-state index contributed by atoms with van der Waals surface area (Å²) in [5.74, 6) is 0.487. The van der Waals surface area contributed by atoms with Crippen LogP contribution in [0.2, 0.25) is 0 Å². The highest BCUT2D eigenvalue weighted by Crippen LogP contribution is 2.36. The molecular formula is C20H18N6O3. The molecule has 1 amide bonds. The molecular weight excluding hydrogens is 372 g/mol. The van der Waals surface area contributed by atoms with Gasteiger partial charge in [0.2, 0.25) is 5.88 Å². The molecule has 0 unspecified atom stereocenters. The van der Waals surface area contributed by atoms with Crippen LogP contribution in [0.5, 0.6) is 5.88 Å². The Bertz CT molecular complexity index is 1080. The molecule has 4 rings (SSSR count). The van der Waals surface area contributed by atoms with Gasteiger partial charge in [0.05, 0.1) is 18.4 Å². The first-order chi connectivity index (χ1) is 14.0. The lowest BCUT2D eigenvalue weighted by Gasteiger charge is -2.07. The Labute approximate surface area is 166 Å². The first-order valence-electron chi connectivity index (χ1n) is 9.05. The molecule has 1 saturated carbocycles. The van der Waals surface area contributed by atoms with E-state index < -0.39 is 11.6 Å². The number of carbonyl (C=O) groups excluding carboxylic acids is 1. The molecule has 1 aliphatic rings. The van der Waals surface area contributed by atoms with Crippen molar-refractivity contribution in [2.45, 2.75) is 39.0 Å². The molecule has 0 aromatic carbocycles. The van der Waals surface area contributed by atoms with Crippen molar-refractivity contribution in [3.63, 3.8) is 0 Å². The lowest BCUT2D eigenvalue weighted by atomic mass is 10.1. The van der Waals surface area contributed by atoms with Gasteiger partial charge in [-0.3, -0.25) is 19.9 Å². The number of nitrogens with one attached hydrogen (secondary N) is 1. The number of ether oxygens (including phenoxy) is 1. The summed E-state index contributed by atoms with van der Waals surface area (Å²) in [5.41, 5.74) is 2.56. The van der Waals surface area contributed by atoms with Crippen molar-refractivity contribution >= 4 is 5.91 Å². The van der Waals surface area contributed by atoms with Gasteiger partial charge in [0.25, 0.3) is 5.91 Å². The van der Waals surface area contributed by atoms with E-state index in [0.29, 0.717) is 24.3 Å². The van der Waals surface area contributed by atoms with Crippen molar-refractivity contribution in [2.75, 3.05) is 0 Å². The quantitative estimate of drug-likeness (QED) is 0.645. The van der Waals surface area contributed by atoms with Gasteiger partial charge in [-0.2, -0.15) is 0 Å². The van der Waals surface area contributed by atoms with Crippen LogP contribution in [-0.4, -0.2) is 31.9 Å². The topological polar surface area (TPSA) is 107 Å². The van der Waals surface area contributed by atoms with Crippen molar-refractivity contribution < 1.29 is 14.1 Å². The SMILES string of the molecule is [C-]#[N+]C1(NC(=O)c2ccc(OCc3c(-c4ccc(C)nc4)noc3C)nn2)CC1. The van der Waals surface area contributed by atoms with Gasteiger partial charge in [-0.05, 0) is 32.0 Å². The molecule has 9 heteroatoms. The average Bonchev–Trinajstić information content (AvgIpc) is 3.41. The van der Waals surface area contributed by atoms with Gasteiger partial charge in [-0.25, -0.2) is 6.57 Å². The third-order valence-corrected chi connectivity index (χ3v) is 4.69. The summed E-state index contributed by atoms with van der Waals surface area (Å²) in [6, 6.07) is 6.91. The molecule has 0 atom stereocenters. The molecule has 0 bridgehead atoms. The maximum absolute atomic E-state index is 12.2. The summed E-state index contributed by atoms with van der Waals surface area (Å²) in [5, 5.41) is 14.6. The van der Waals surface area contributed by atoms with Crippen LogP contribution in [0.3, 0.4) is 0 Å². The van der Waals surface area contributed by atoms with Crippen LogP contribution in [-0.2, 0) is 6.61 Å². The predicted octanol–water partition coefficient (Wildman–Crippen LogP) is 2.86. The Morgan fingerprint density at radius 3 is 2.72 bits per heavy atom. The largest absolute Gasteiger partial charge is 0.472 e. The molecule has 0 radical (unpaired) electrons. The second-order valence-corrected chi connectivity index (χ2v) is 6.90. The molecule has 3 aromatic rings. The van der Waals surface area contributed by atoms with Crippen molar-refractivity contribution in [3.05, 3.63) is 64.6 Å². The van der Waals surface area contributed by atoms with Crippen LogP contribution in [0.4, 0.5) is 0 Å². The highest BCUT2D eigenvalue weighted by molar-refractivity contribution is 5.93. The fourth-order valence-electron chi connectivity index (χ4n) is 2.72. The standard InChI is InChI=1S/C20H18N6O3/c1-12-4-5-14(10-22-12)18-15(13(2)29-26-18)11-28-17-7-6-16(24-25-17)19(27)23-20(21-3)8-9-20/h4-7,10H,8-9,11H2,1-2H3,(H,23,27). The predicted molar refractivity (Wildman–Crippen MR) is 102 cm³/mol. The molecule has 146 valence electrons. The molecule has 9 nitrogen and oxygen atoms in total. The fourth-order valence-corrected chi connectivity index (χ4v) is 2.72. The number of aromatic nitrogens is 4. The molecule has 1 fully saturated rings. The summed E-state index contributed by atoms with van der Waals surface area (Å²) < 4.78 is 11.0. The second kappa shape index (κ2) is 7.31. The van der Waals surface area contributed by atoms with E-state index >= 15 is 0 Å². The van der Waals surface area contributed by atoms with Crippen LogP contribution in [0.25, 0.3) is 16.1 Å². The van der Waals surface area contributed by atoms with Gasteiger partial charge in [0.15, 0.2) is 5.69 Å². The summed E-state index contributed by atoms with van der Waals surface area (Å²) in [6.07, 6.45) is 3.06. The third kappa shape index (κ3) is 3.91. The van der Waals surface area contributed by atoms with E-state index in [1.54, 1.807) is 19.2 Å². The van der Waals surface area contributed by atoms with Crippen LogP contribution in [0.15, 0.2) is 35.0 Å². The van der Waals surface area contributed by atoms with Gasteiger partial charge in [-0.15, -0.1) is 10.2 Å². The van der Waals surface area contributed by atoms with Gasteiger partial charge in [0.1, 0.15) is 18.1 Å². The number of hydrogen-bond acceptors (Lipinski definition) is 7. The number of nitrogens with zero attached hydrogens (tertiary/aromatic N) is 5. The van der Waals surface area contributed by atoms with Crippen molar-refractivity contribution in [3.8, 4) is 17.1 Å². The Kier molecular flexibility index (Phi) is 4.68. The van der Waals surface area contributed by atoms with Crippen LogP contribution < -0.4 is 10.1 Å². The van der Waals surface area contributed by atoms with E-state index in [2.05, 4.69) is 30.5 Å². The van der Waals surface area contributed by atoms with Crippen LogP contribution in [0, 0.1) is 20.4 Å². The lowest BCUT2D eigenvalue weighted by Crippen LogP contribution is -2.34. The van der Waals surface area contributed by atoms with Crippen molar-refractivity contribution in [1.82, 2.24) is 25.7 Å². The molecule has 0 spiro atoms. The minimum absolute atomic E-state index is 0.139. The minimum atomic E-state index is -0.763. The van der Waals surface area contributed by atoms with E-state index in [9.17, 15) is 4.79 Å². The number of rotatable bonds is 6. The summed E-state index contributed by atoms with van der Waals surface area (Å²) in [7, 11) is 0. The maximum Gasteiger partial charge on any atom is 0.308 e. The lowest BCUT2D eigenvalue weighted by molar-refractivity contribution is 0.0933. The van der Waals surface area contributed by atoms with E-state index in [4.69, 9.17) is 15.8 Å². The Morgan fingerprint density at radius 2 is 2.10 bits per heavy atom. The Balaban J connectivity index is 1.43. The van der Waals surface area contributed by atoms with Gasteiger partial charge in [-0.1, -0.05) is 5.16 Å². The Morgan fingerprint density at radius 1 is 1.28 bits per heavy atom.